The van der Waals surface area contributed by atoms with E-state index in [4.69, 9.17) is 0 Å². The molecule has 2 heterocycles. The summed E-state index contributed by atoms with van der Waals surface area (Å²) in [7, 11) is 0. The highest BCUT2D eigenvalue weighted by Gasteiger charge is 2.42. The summed E-state index contributed by atoms with van der Waals surface area (Å²) in [5, 5.41) is 3.53. The smallest absolute Gasteiger partial charge is 0.00386 e. The number of nitrogens with zero attached hydrogens (tertiary/aromatic N) is 1. The van der Waals surface area contributed by atoms with Crippen molar-refractivity contribution >= 4 is 12.4 Å². The highest BCUT2D eigenvalue weighted by Crippen LogP contribution is 2.48. The standard InChI is InChI=1S/C13H24N2.ClH/c1-3-12(9-14-7-1)10-15-8-6-13(11-15)4-2-5-13;/h12,14H,1-11H2;1H. The highest BCUT2D eigenvalue weighted by molar-refractivity contribution is 5.85. The zero-order valence-corrected chi connectivity index (χ0v) is 11.0. The summed E-state index contributed by atoms with van der Waals surface area (Å²) in [6.45, 7) is 6.69. The molecule has 0 bridgehead atoms. The van der Waals surface area contributed by atoms with E-state index in [1.165, 1.54) is 71.2 Å². The van der Waals surface area contributed by atoms with Gasteiger partial charge in [-0.15, -0.1) is 12.4 Å². The van der Waals surface area contributed by atoms with Gasteiger partial charge in [-0.2, -0.15) is 0 Å². The van der Waals surface area contributed by atoms with Crippen molar-refractivity contribution in [2.45, 2.75) is 38.5 Å². The number of rotatable bonds is 2. The fourth-order valence-electron chi connectivity index (χ4n) is 3.71. The van der Waals surface area contributed by atoms with Gasteiger partial charge in [0.1, 0.15) is 0 Å². The van der Waals surface area contributed by atoms with E-state index in [-0.39, 0.29) is 12.4 Å². The number of likely N-dealkylation sites (tertiary alicyclic amines) is 1. The topological polar surface area (TPSA) is 15.3 Å². The molecule has 3 rings (SSSR count). The van der Waals surface area contributed by atoms with Crippen molar-refractivity contribution in [3.8, 4) is 0 Å². The molecule has 2 saturated heterocycles. The summed E-state index contributed by atoms with van der Waals surface area (Å²) >= 11 is 0. The van der Waals surface area contributed by atoms with E-state index < -0.39 is 0 Å². The molecule has 0 aromatic carbocycles. The maximum absolute atomic E-state index is 3.53. The first kappa shape index (κ1) is 12.7. The first-order valence-electron chi connectivity index (χ1n) is 6.79. The minimum atomic E-state index is 0. The minimum Gasteiger partial charge on any atom is -0.316 e. The van der Waals surface area contributed by atoms with Crippen molar-refractivity contribution in [2.75, 3.05) is 32.7 Å². The minimum absolute atomic E-state index is 0. The zero-order valence-electron chi connectivity index (χ0n) is 10.2. The van der Waals surface area contributed by atoms with E-state index in [0.29, 0.717) is 0 Å². The lowest BCUT2D eigenvalue weighted by molar-refractivity contribution is 0.131. The predicted octanol–water partition coefficient (Wildman–Crippen LogP) is 2.28. The van der Waals surface area contributed by atoms with Gasteiger partial charge in [-0.3, -0.25) is 0 Å². The second kappa shape index (κ2) is 5.24. The Labute approximate surface area is 106 Å². The van der Waals surface area contributed by atoms with Crippen molar-refractivity contribution in [1.29, 1.82) is 0 Å². The van der Waals surface area contributed by atoms with Crippen molar-refractivity contribution in [3.05, 3.63) is 0 Å². The van der Waals surface area contributed by atoms with E-state index in [2.05, 4.69) is 10.2 Å². The Bertz CT molecular complexity index is 222. The molecule has 1 saturated carbocycles. The van der Waals surface area contributed by atoms with Gasteiger partial charge in [0.05, 0.1) is 0 Å². The van der Waals surface area contributed by atoms with Gasteiger partial charge in [0.2, 0.25) is 0 Å². The van der Waals surface area contributed by atoms with Crippen LogP contribution in [0.15, 0.2) is 0 Å². The van der Waals surface area contributed by atoms with Gasteiger partial charge in [0.15, 0.2) is 0 Å². The number of nitrogens with one attached hydrogen (secondary N) is 1. The van der Waals surface area contributed by atoms with Crippen LogP contribution < -0.4 is 5.32 Å². The molecule has 3 fully saturated rings. The van der Waals surface area contributed by atoms with Crippen LogP contribution in [0.3, 0.4) is 0 Å². The average Bonchev–Trinajstić information content (AvgIpc) is 2.63. The van der Waals surface area contributed by atoms with Gasteiger partial charge in [-0.25, -0.2) is 0 Å². The lowest BCUT2D eigenvalue weighted by Gasteiger charge is -2.38. The van der Waals surface area contributed by atoms with Gasteiger partial charge in [0, 0.05) is 13.1 Å². The molecule has 3 heteroatoms. The maximum atomic E-state index is 3.53. The van der Waals surface area contributed by atoms with Gasteiger partial charge in [-0.1, -0.05) is 6.42 Å². The van der Waals surface area contributed by atoms with Gasteiger partial charge >= 0.3 is 0 Å². The molecule has 1 unspecified atom stereocenters. The molecular weight excluding hydrogens is 220 g/mol. The SMILES string of the molecule is C1CNCC(CN2CCC3(CCC3)C2)C1.Cl. The Kier molecular flexibility index (Phi) is 4.15. The Morgan fingerprint density at radius 1 is 1.19 bits per heavy atom. The molecule has 2 aliphatic heterocycles. The molecule has 0 radical (unpaired) electrons. The van der Waals surface area contributed by atoms with E-state index in [0.717, 1.165) is 11.3 Å². The lowest BCUT2D eigenvalue weighted by Crippen LogP contribution is -2.39. The quantitative estimate of drug-likeness (QED) is 0.802. The Hall–Kier alpha value is 0.210. The van der Waals surface area contributed by atoms with Gasteiger partial charge in [0.25, 0.3) is 0 Å². The Morgan fingerprint density at radius 3 is 2.62 bits per heavy atom. The van der Waals surface area contributed by atoms with Crippen LogP contribution in [-0.2, 0) is 0 Å². The fourth-order valence-corrected chi connectivity index (χ4v) is 3.71. The normalized spacial score (nSPS) is 33.4. The predicted molar refractivity (Wildman–Crippen MR) is 70.2 cm³/mol. The summed E-state index contributed by atoms with van der Waals surface area (Å²) < 4.78 is 0. The van der Waals surface area contributed by atoms with Crippen LogP contribution in [0.2, 0.25) is 0 Å². The van der Waals surface area contributed by atoms with E-state index in [9.17, 15) is 0 Å². The fraction of sp³-hybridized carbons (Fsp3) is 1.00. The highest BCUT2D eigenvalue weighted by atomic mass is 35.5. The number of piperidine rings is 1. The number of hydrogen-bond donors (Lipinski definition) is 1. The largest absolute Gasteiger partial charge is 0.316 e. The molecule has 1 spiro atoms. The maximum Gasteiger partial charge on any atom is 0.00386 e. The summed E-state index contributed by atoms with van der Waals surface area (Å²) in [6, 6.07) is 0. The molecule has 0 amide bonds. The molecule has 1 aliphatic carbocycles. The van der Waals surface area contributed by atoms with Crippen molar-refractivity contribution in [3.63, 3.8) is 0 Å². The van der Waals surface area contributed by atoms with E-state index in [1.54, 1.807) is 0 Å². The Balaban J connectivity index is 0.000000963. The molecule has 1 atom stereocenters. The van der Waals surface area contributed by atoms with Gasteiger partial charge < -0.3 is 10.2 Å². The first-order valence-corrected chi connectivity index (χ1v) is 6.79. The summed E-state index contributed by atoms with van der Waals surface area (Å²) in [4.78, 5) is 2.75. The Morgan fingerprint density at radius 2 is 2.06 bits per heavy atom. The van der Waals surface area contributed by atoms with Crippen LogP contribution in [-0.4, -0.2) is 37.6 Å². The summed E-state index contributed by atoms with van der Waals surface area (Å²) in [5.41, 5.74) is 0.794. The van der Waals surface area contributed by atoms with Gasteiger partial charge in [-0.05, 0) is 63.1 Å². The molecule has 0 aromatic heterocycles. The van der Waals surface area contributed by atoms with Crippen molar-refractivity contribution in [2.24, 2.45) is 11.3 Å². The third-order valence-electron chi connectivity index (χ3n) is 4.85. The molecule has 0 aromatic rings. The molecule has 1 N–H and O–H groups in total. The number of hydrogen-bond acceptors (Lipinski definition) is 2. The molecule has 16 heavy (non-hydrogen) atoms. The third kappa shape index (κ3) is 2.55. The molecular formula is C13H25ClN2. The summed E-state index contributed by atoms with van der Waals surface area (Å²) in [6.07, 6.45) is 8.88. The van der Waals surface area contributed by atoms with Crippen LogP contribution in [0, 0.1) is 11.3 Å². The van der Waals surface area contributed by atoms with Crippen LogP contribution in [0.25, 0.3) is 0 Å². The second-order valence-electron chi connectivity index (χ2n) is 6.05. The molecule has 3 aliphatic rings. The van der Waals surface area contributed by atoms with Crippen LogP contribution in [0.5, 0.6) is 0 Å². The van der Waals surface area contributed by atoms with Crippen molar-refractivity contribution < 1.29 is 0 Å². The third-order valence-corrected chi connectivity index (χ3v) is 4.85. The first-order chi connectivity index (χ1) is 7.36. The van der Waals surface area contributed by atoms with Crippen LogP contribution >= 0.6 is 12.4 Å². The average molecular weight is 245 g/mol. The summed E-state index contributed by atoms with van der Waals surface area (Å²) in [5.74, 6) is 0.939. The second-order valence-corrected chi connectivity index (χ2v) is 6.05. The zero-order chi connectivity index (χ0) is 10.1. The lowest BCUT2D eigenvalue weighted by atomic mass is 9.68. The monoisotopic (exact) mass is 244 g/mol. The van der Waals surface area contributed by atoms with Crippen molar-refractivity contribution in [1.82, 2.24) is 10.2 Å². The van der Waals surface area contributed by atoms with E-state index >= 15 is 0 Å². The van der Waals surface area contributed by atoms with Crippen LogP contribution in [0.1, 0.15) is 38.5 Å². The molecule has 94 valence electrons. The van der Waals surface area contributed by atoms with E-state index in [1.807, 2.05) is 0 Å². The number of halogens is 1. The van der Waals surface area contributed by atoms with Crippen LogP contribution in [0.4, 0.5) is 0 Å². The molecule has 2 nitrogen and oxygen atoms in total.